The maximum absolute atomic E-state index is 11.0. The number of hydrogen-bond donors (Lipinski definition) is 2. The largest absolute Gasteiger partial charge is 0.508 e. The monoisotopic (exact) mass is 371 g/mol. The SMILES string of the molecule is CC(C)c1cc2ccccc2c(CC(C)c2cc3ccncc3cc2O)c1O. The van der Waals surface area contributed by atoms with Gasteiger partial charge >= 0.3 is 0 Å². The van der Waals surface area contributed by atoms with Crippen molar-refractivity contribution >= 4 is 21.5 Å². The smallest absolute Gasteiger partial charge is 0.122 e. The molecule has 0 fully saturated rings. The Hall–Kier alpha value is -3.07. The fourth-order valence-corrected chi connectivity index (χ4v) is 4.03. The molecule has 0 aliphatic heterocycles. The maximum atomic E-state index is 11.0. The molecule has 28 heavy (non-hydrogen) atoms. The molecule has 0 radical (unpaired) electrons. The van der Waals surface area contributed by atoms with Gasteiger partial charge in [0.15, 0.2) is 0 Å². The predicted octanol–water partition coefficient (Wildman–Crippen LogP) is 6.27. The molecule has 1 heterocycles. The number of fused-ring (bicyclic) bond motifs is 2. The quantitative estimate of drug-likeness (QED) is 0.444. The van der Waals surface area contributed by atoms with E-state index in [-0.39, 0.29) is 17.6 Å². The number of rotatable bonds is 4. The van der Waals surface area contributed by atoms with Crippen LogP contribution >= 0.6 is 0 Å². The van der Waals surface area contributed by atoms with Crippen LogP contribution in [0.5, 0.6) is 11.5 Å². The van der Waals surface area contributed by atoms with Gasteiger partial charge in [0.1, 0.15) is 11.5 Å². The molecule has 3 aromatic carbocycles. The highest BCUT2D eigenvalue weighted by Gasteiger charge is 2.19. The first-order valence-electron chi connectivity index (χ1n) is 9.75. The van der Waals surface area contributed by atoms with E-state index in [0.717, 1.165) is 38.2 Å². The van der Waals surface area contributed by atoms with Crippen LogP contribution < -0.4 is 0 Å². The first kappa shape index (κ1) is 18.3. The van der Waals surface area contributed by atoms with Gasteiger partial charge in [-0.1, -0.05) is 45.0 Å². The number of phenolic OH excluding ortho intramolecular Hbond substituents is 2. The van der Waals surface area contributed by atoms with Gasteiger partial charge in [-0.3, -0.25) is 4.98 Å². The third-order valence-corrected chi connectivity index (χ3v) is 5.61. The Balaban J connectivity index is 1.82. The summed E-state index contributed by atoms with van der Waals surface area (Å²) in [5, 5.41) is 25.8. The topological polar surface area (TPSA) is 53.4 Å². The summed E-state index contributed by atoms with van der Waals surface area (Å²) in [6, 6.07) is 16.0. The summed E-state index contributed by atoms with van der Waals surface area (Å²) >= 11 is 0. The van der Waals surface area contributed by atoms with Gasteiger partial charge in [0.25, 0.3) is 0 Å². The zero-order chi connectivity index (χ0) is 19.8. The van der Waals surface area contributed by atoms with Crippen LogP contribution in [0, 0.1) is 0 Å². The minimum Gasteiger partial charge on any atom is -0.508 e. The second-order valence-corrected chi connectivity index (χ2v) is 7.91. The molecule has 0 aliphatic rings. The van der Waals surface area contributed by atoms with Crippen LogP contribution in [-0.4, -0.2) is 15.2 Å². The van der Waals surface area contributed by atoms with Crippen molar-refractivity contribution in [2.45, 2.75) is 39.0 Å². The van der Waals surface area contributed by atoms with Crippen molar-refractivity contribution in [3.8, 4) is 11.5 Å². The summed E-state index contributed by atoms with van der Waals surface area (Å²) < 4.78 is 0. The lowest BCUT2D eigenvalue weighted by molar-refractivity contribution is 0.451. The Bertz CT molecular complexity index is 1160. The first-order valence-corrected chi connectivity index (χ1v) is 9.75. The third-order valence-electron chi connectivity index (χ3n) is 5.61. The first-order chi connectivity index (χ1) is 13.5. The van der Waals surface area contributed by atoms with Crippen molar-refractivity contribution in [2.24, 2.45) is 0 Å². The van der Waals surface area contributed by atoms with Crippen molar-refractivity contribution in [3.05, 3.63) is 77.6 Å². The molecule has 142 valence electrons. The summed E-state index contributed by atoms with van der Waals surface area (Å²) in [5.74, 6) is 0.941. The molecule has 0 saturated heterocycles. The van der Waals surface area contributed by atoms with E-state index in [9.17, 15) is 10.2 Å². The molecule has 1 aromatic heterocycles. The van der Waals surface area contributed by atoms with E-state index in [4.69, 9.17) is 0 Å². The van der Waals surface area contributed by atoms with Crippen molar-refractivity contribution in [1.29, 1.82) is 0 Å². The molecular formula is C25H25NO2. The summed E-state index contributed by atoms with van der Waals surface area (Å²) in [4.78, 5) is 4.12. The predicted molar refractivity (Wildman–Crippen MR) is 115 cm³/mol. The second-order valence-electron chi connectivity index (χ2n) is 7.91. The lowest BCUT2D eigenvalue weighted by atomic mass is 9.86. The van der Waals surface area contributed by atoms with E-state index in [1.165, 1.54) is 0 Å². The number of aromatic nitrogens is 1. The van der Waals surface area contributed by atoms with Gasteiger partial charge in [-0.15, -0.1) is 0 Å². The van der Waals surface area contributed by atoms with Gasteiger partial charge < -0.3 is 10.2 Å². The number of aromatic hydroxyl groups is 2. The zero-order valence-electron chi connectivity index (χ0n) is 16.5. The van der Waals surface area contributed by atoms with Crippen LogP contribution in [0.25, 0.3) is 21.5 Å². The number of pyridine rings is 1. The molecule has 0 spiro atoms. The number of nitrogens with zero attached hydrogens (tertiary/aromatic N) is 1. The fraction of sp³-hybridized carbons (Fsp3) is 0.240. The van der Waals surface area contributed by atoms with Gasteiger partial charge in [0.2, 0.25) is 0 Å². The Labute approximate surface area is 165 Å². The third kappa shape index (κ3) is 3.18. The van der Waals surface area contributed by atoms with E-state index in [2.05, 4.69) is 44.0 Å². The van der Waals surface area contributed by atoms with Crippen LogP contribution in [0.4, 0.5) is 0 Å². The second kappa shape index (κ2) is 7.16. The van der Waals surface area contributed by atoms with E-state index < -0.39 is 0 Å². The summed E-state index contributed by atoms with van der Waals surface area (Å²) in [6.07, 6.45) is 4.17. The lowest BCUT2D eigenvalue weighted by Crippen LogP contribution is -2.02. The van der Waals surface area contributed by atoms with E-state index in [1.54, 1.807) is 18.5 Å². The number of phenols is 2. The standard InChI is InChI=1S/C25H25NO2/c1-15(2)21-12-18-6-4-5-7-20(18)23(25(21)28)10-16(3)22-11-17-8-9-26-14-19(17)13-24(22)27/h4-9,11-16,27-28H,10H2,1-3H3. The van der Waals surface area contributed by atoms with Crippen LogP contribution in [0.3, 0.4) is 0 Å². The highest BCUT2D eigenvalue weighted by Crippen LogP contribution is 2.39. The molecule has 3 nitrogen and oxygen atoms in total. The van der Waals surface area contributed by atoms with E-state index >= 15 is 0 Å². The van der Waals surface area contributed by atoms with Gasteiger partial charge in [0, 0.05) is 23.3 Å². The Morgan fingerprint density at radius 3 is 2.39 bits per heavy atom. The average Bonchev–Trinajstić information content (AvgIpc) is 2.69. The van der Waals surface area contributed by atoms with E-state index in [1.807, 2.05) is 24.3 Å². The molecule has 3 heteroatoms. The van der Waals surface area contributed by atoms with Crippen molar-refractivity contribution in [2.75, 3.05) is 0 Å². The van der Waals surface area contributed by atoms with Gasteiger partial charge in [-0.2, -0.15) is 0 Å². The normalized spacial score (nSPS) is 12.7. The molecular weight excluding hydrogens is 346 g/mol. The maximum Gasteiger partial charge on any atom is 0.122 e. The highest BCUT2D eigenvalue weighted by atomic mass is 16.3. The van der Waals surface area contributed by atoms with Crippen LogP contribution in [-0.2, 0) is 6.42 Å². The molecule has 1 atom stereocenters. The molecule has 4 rings (SSSR count). The zero-order valence-corrected chi connectivity index (χ0v) is 16.5. The van der Waals surface area contributed by atoms with Gasteiger partial charge in [-0.25, -0.2) is 0 Å². The molecule has 1 unspecified atom stereocenters. The number of hydrogen-bond acceptors (Lipinski definition) is 3. The van der Waals surface area contributed by atoms with E-state index in [0.29, 0.717) is 12.2 Å². The Kier molecular flexibility index (Phi) is 4.68. The molecule has 0 bridgehead atoms. The molecule has 2 N–H and O–H groups in total. The summed E-state index contributed by atoms with van der Waals surface area (Å²) in [6.45, 7) is 6.29. The van der Waals surface area contributed by atoms with Crippen LogP contribution in [0.1, 0.15) is 49.3 Å². The van der Waals surface area contributed by atoms with Gasteiger partial charge in [-0.05, 0) is 69.8 Å². The average molecular weight is 371 g/mol. The van der Waals surface area contributed by atoms with Gasteiger partial charge in [0.05, 0.1) is 0 Å². The lowest BCUT2D eigenvalue weighted by Gasteiger charge is -2.20. The Morgan fingerprint density at radius 2 is 1.61 bits per heavy atom. The van der Waals surface area contributed by atoms with Crippen molar-refractivity contribution in [3.63, 3.8) is 0 Å². The Morgan fingerprint density at radius 1 is 0.857 bits per heavy atom. The van der Waals surface area contributed by atoms with Crippen molar-refractivity contribution < 1.29 is 10.2 Å². The molecule has 4 aromatic rings. The fourth-order valence-electron chi connectivity index (χ4n) is 4.03. The molecule has 0 amide bonds. The molecule has 0 saturated carbocycles. The molecule has 0 aliphatic carbocycles. The minimum absolute atomic E-state index is 0.0503. The number of benzene rings is 3. The minimum atomic E-state index is 0.0503. The van der Waals surface area contributed by atoms with Crippen LogP contribution in [0.15, 0.2) is 60.9 Å². The highest BCUT2D eigenvalue weighted by molar-refractivity contribution is 5.89. The summed E-state index contributed by atoms with van der Waals surface area (Å²) in [5.41, 5.74) is 2.80. The summed E-state index contributed by atoms with van der Waals surface area (Å²) in [7, 11) is 0. The van der Waals surface area contributed by atoms with Crippen LogP contribution in [0.2, 0.25) is 0 Å². The van der Waals surface area contributed by atoms with Crippen molar-refractivity contribution in [1.82, 2.24) is 4.98 Å².